The average Bonchev–Trinajstić information content (AvgIpc) is 2.42. The average molecular weight is 295 g/mol. The van der Waals surface area contributed by atoms with Gasteiger partial charge in [0.25, 0.3) is 0 Å². The SMILES string of the molecule is CCNC(Cc1ccccn1)c1cc(Cl)ccc1Cl. The van der Waals surface area contributed by atoms with Crippen LogP contribution in [0.15, 0.2) is 42.6 Å². The fourth-order valence-corrected chi connectivity index (χ4v) is 2.48. The third-order valence-corrected chi connectivity index (χ3v) is 3.50. The number of pyridine rings is 1. The molecule has 0 radical (unpaired) electrons. The van der Waals surface area contributed by atoms with Crippen molar-refractivity contribution < 1.29 is 0 Å². The first-order valence-corrected chi connectivity index (χ1v) is 7.04. The van der Waals surface area contributed by atoms with Crippen molar-refractivity contribution in [2.75, 3.05) is 6.54 Å². The minimum Gasteiger partial charge on any atom is -0.310 e. The fraction of sp³-hybridized carbons (Fsp3) is 0.267. The highest BCUT2D eigenvalue weighted by Crippen LogP contribution is 2.28. The number of aromatic nitrogens is 1. The Morgan fingerprint density at radius 2 is 2.05 bits per heavy atom. The summed E-state index contributed by atoms with van der Waals surface area (Å²) in [6.07, 6.45) is 2.59. The predicted molar refractivity (Wildman–Crippen MR) is 80.8 cm³/mol. The number of hydrogen-bond acceptors (Lipinski definition) is 2. The second-order valence-electron chi connectivity index (χ2n) is 4.30. The van der Waals surface area contributed by atoms with Gasteiger partial charge in [-0.1, -0.05) is 36.2 Å². The first-order chi connectivity index (χ1) is 9.20. The van der Waals surface area contributed by atoms with E-state index in [1.165, 1.54) is 0 Å². The van der Waals surface area contributed by atoms with Crippen LogP contribution in [0.25, 0.3) is 0 Å². The molecule has 0 saturated carbocycles. The Morgan fingerprint density at radius 1 is 1.21 bits per heavy atom. The van der Waals surface area contributed by atoms with Crippen LogP contribution in [0.1, 0.15) is 24.2 Å². The Balaban J connectivity index is 2.27. The molecule has 100 valence electrons. The van der Waals surface area contributed by atoms with Crippen molar-refractivity contribution in [1.82, 2.24) is 10.3 Å². The van der Waals surface area contributed by atoms with Gasteiger partial charge in [0.2, 0.25) is 0 Å². The number of nitrogens with zero attached hydrogens (tertiary/aromatic N) is 1. The molecule has 0 aliphatic carbocycles. The lowest BCUT2D eigenvalue weighted by Crippen LogP contribution is -2.23. The summed E-state index contributed by atoms with van der Waals surface area (Å²) in [6.45, 7) is 2.93. The Bertz CT molecular complexity index is 529. The highest BCUT2D eigenvalue weighted by atomic mass is 35.5. The lowest BCUT2D eigenvalue weighted by Gasteiger charge is -2.19. The number of nitrogens with one attached hydrogen (secondary N) is 1. The molecule has 1 heterocycles. The number of hydrogen-bond donors (Lipinski definition) is 1. The lowest BCUT2D eigenvalue weighted by atomic mass is 10.0. The molecule has 0 aliphatic heterocycles. The Hall–Kier alpha value is -1.09. The van der Waals surface area contributed by atoms with Crippen molar-refractivity contribution in [3.8, 4) is 0 Å². The standard InChI is InChI=1S/C15H16Cl2N2/c1-2-18-15(10-12-5-3-4-8-19-12)13-9-11(16)6-7-14(13)17/h3-9,15,18H,2,10H2,1H3. The zero-order chi connectivity index (χ0) is 13.7. The van der Waals surface area contributed by atoms with Gasteiger partial charge in [-0.3, -0.25) is 4.98 Å². The van der Waals surface area contributed by atoms with Crippen molar-refractivity contribution in [3.05, 3.63) is 63.9 Å². The van der Waals surface area contributed by atoms with Crippen molar-refractivity contribution >= 4 is 23.2 Å². The van der Waals surface area contributed by atoms with Crippen molar-refractivity contribution in [2.45, 2.75) is 19.4 Å². The number of benzene rings is 1. The van der Waals surface area contributed by atoms with Crippen LogP contribution >= 0.6 is 23.2 Å². The van der Waals surface area contributed by atoms with E-state index in [-0.39, 0.29) is 6.04 Å². The molecule has 0 saturated heterocycles. The summed E-state index contributed by atoms with van der Waals surface area (Å²) in [7, 11) is 0. The van der Waals surface area contributed by atoms with E-state index in [1.807, 2.05) is 30.3 Å². The topological polar surface area (TPSA) is 24.9 Å². The Kier molecular flexibility index (Phi) is 5.20. The van der Waals surface area contributed by atoms with Crippen LogP contribution in [0.3, 0.4) is 0 Å². The molecular weight excluding hydrogens is 279 g/mol. The molecule has 0 bridgehead atoms. The molecule has 4 heteroatoms. The lowest BCUT2D eigenvalue weighted by molar-refractivity contribution is 0.544. The van der Waals surface area contributed by atoms with Gasteiger partial charge in [-0.15, -0.1) is 0 Å². The summed E-state index contributed by atoms with van der Waals surface area (Å²) in [4.78, 5) is 4.36. The van der Waals surface area contributed by atoms with Gasteiger partial charge in [-0.2, -0.15) is 0 Å². The van der Waals surface area contributed by atoms with Gasteiger partial charge < -0.3 is 5.32 Å². The molecule has 0 amide bonds. The third kappa shape index (κ3) is 3.93. The molecular formula is C15H16Cl2N2. The van der Waals surface area contributed by atoms with E-state index in [0.717, 1.165) is 29.2 Å². The van der Waals surface area contributed by atoms with Crippen LogP contribution in [0.4, 0.5) is 0 Å². The van der Waals surface area contributed by atoms with E-state index in [4.69, 9.17) is 23.2 Å². The first-order valence-electron chi connectivity index (χ1n) is 6.29. The number of rotatable bonds is 5. The second-order valence-corrected chi connectivity index (χ2v) is 5.14. The van der Waals surface area contributed by atoms with Crippen LogP contribution < -0.4 is 5.32 Å². The van der Waals surface area contributed by atoms with Crippen molar-refractivity contribution in [3.63, 3.8) is 0 Å². The van der Waals surface area contributed by atoms with Gasteiger partial charge in [-0.25, -0.2) is 0 Å². The maximum Gasteiger partial charge on any atom is 0.0454 e. The summed E-state index contributed by atoms with van der Waals surface area (Å²) in [5.41, 5.74) is 2.05. The van der Waals surface area contributed by atoms with E-state index in [0.29, 0.717) is 5.02 Å². The minimum absolute atomic E-state index is 0.117. The van der Waals surface area contributed by atoms with E-state index in [1.54, 1.807) is 12.3 Å². The van der Waals surface area contributed by atoms with Gasteiger partial charge in [0, 0.05) is 34.4 Å². The van der Waals surface area contributed by atoms with Crippen molar-refractivity contribution in [2.24, 2.45) is 0 Å². The van der Waals surface area contributed by atoms with E-state index in [9.17, 15) is 0 Å². The normalized spacial score (nSPS) is 12.4. The van der Waals surface area contributed by atoms with E-state index in [2.05, 4.69) is 17.2 Å². The summed E-state index contributed by atoms with van der Waals surface area (Å²) >= 11 is 12.3. The van der Waals surface area contributed by atoms with Crippen LogP contribution in [0, 0.1) is 0 Å². The summed E-state index contributed by atoms with van der Waals surface area (Å²) in [5, 5.41) is 4.86. The molecule has 1 N–H and O–H groups in total. The van der Waals surface area contributed by atoms with Gasteiger partial charge in [0.1, 0.15) is 0 Å². The number of likely N-dealkylation sites (N-methyl/N-ethyl adjacent to an activating group) is 1. The molecule has 1 aromatic carbocycles. The molecule has 1 aromatic heterocycles. The summed E-state index contributed by atoms with van der Waals surface area (Å²) in [6, 6.07) is 11.6. The molecule has 2 nitrogen and oxygen atoms in total. The highest BCUT2D eigenvalue weighted by molar-refractivity contribution is 6.33. The van der Waals surface area contributed by atoms with Gasteiger partial charge in [0.15, 0.2) is 0 Å². The molecule has 19 heavy (non-hydrogen) atoms. The van der Waals surface area contributed by atoms with Gasteiger partial charge in [-0.05, 0) is 42.4 Å². The molecule has 0 fully saturated rings. The zero-order valence-corrected chi connectivity index (χ0v) is 12.2. The minimum atomic E-state index is 0.117. The zero-order valence-electron chi connectivity index (χ0n) is 10.7. The smallest absolute Gasteiger partial charge is 0.0454 e. The Labute approximate surface area is 123 Å². The second kappa shape index (κ2) is 6.90. The number of halogens is 2. The van der Waals surface area contributed by atoms with E-state index >= 15 is 0 Å². The summed E-state index contributed by atoms with van der Waals surface area (Å²) in [5.74, 6) is 0. The maximum atomic E-state index is 6.27. The summed E-state index contributed by atoms with van der Waals surface area (Å²) < 4.78 is 0. The van der Waals surface area contributed by atoms with Crippen LogP contribution in [-0.2, 0) is 6.42 Å². The van der Waals surface area contributed by atoms with E-state index < -0.39 is 0 Å². The monoisotopic (exact) mass is 294 g/mol. The fourth-order valence-electron chi connectivity index (χ4n) is 2.05. The van der Waals surface area contributed by atoms with Gasteiger partial charge in [0.05, 0.1) is 0 Å². The Morgan fingerprint density at radius 3 is 2.74 bits per heavy atom. The molecule has 2 aromatic rings. The quantitative estimate of drug-likeness (QED) is 0.890. The maximum absolute atomic E-state index is 6.27. The predicted octanol–water partition coefficient (Wildman–Crippen LogP) is 4.28. The van der Waals surface area contributed by atoms with Crippen LogP contribution in [0.5, 0.6) is 0 Å². The van der Waals surface area contributed by atoms with Crippen molar-refractivity contribution in [1.29, 1.82) is 0 Å². The third-order valence-electron chi connectivity index (χ3n) is 2.92. The van der Waals surface area contributed by atoms with Crippen LogP contribution in [-0.4, -0.2) is 11.5 Å². The molecule has 1 atom stereocenters. The molecule has 0 spiro atoms. The molecule has 2 rings (SSSR count). The largest absolute Gasteiger partial charge is 0.310 e. The molecule has 0 aliphatic rings. The molecule has 1 unspecified atom stereocenters. The van der Waals surface area contributed by atoms with Gasteiger partial charge >= 0.3 is 0 Å². The first kappa shape index (κ1) is 14.3. The van der Waals surface area contributed by atoms with Crippen LogP contribution in [0.2, 0.25) is 10.0 Å². The highest BCUT2D eigenvalue weighted by Gasteiger charge is 2.15.